The zero-order valence-electron chi connectivity index (χ0n) is 32.1. The zero-order valence-corrected chi connectivity index (χ0v) is 33.0. The summed E-state index contributed by atoms with van der Waals surface area (Å²) in [5, 5.41) is 0. The van der Waals surface area contributed by atoms with Crippen LogP contribution >= 0.6 is 0 Å². The van der Waals surface area contributed by atoms with Crippen LogP contribution in [0.25, 0.3) is 0 Å². The van der Waals surface area contributed by atoms with Gasteiger partial charge in [-0.25, -0.2) is 0 Å². The van der Waals surface area contributed by atoms with Crippen molar-refractivity contribution in [2.45, 2.75) is 194 Å². The molecule has 7 heteroatoms. The van der Waals surface area contributed by atoms with Crippen LogP contribution in [0, 0.1) is 0 Å². The van der Waals surface area contributed by atoms with Crippen molar-refractivity contribution in [2.24, 2.45) is 0 Å². The predicted octanol–water partition coefficient (Wildman–Crippen LogP) is 11.0. The number of quaternary nitrogens is 2. The first-order valence-corrected chi connectivity index (χ1v) is 20.7. The van der Waals surface area contributed by atoms with E-state index in [1.54, 1.807) is 0 Å². The van der Waals surface area contributed by atoms with Crippen molar-refractivity contribution in [3.8, 4) is 0 Å². The summed E-state index contributed by atoms with van der Waals surface area (Å²) in [6, 6.07) is 0. The van der Waals surface area contributed by atoms with E-state index in [4.69, 9.17) is 17.5 Å². The highest BCUT2D eigenvalue weighted by Gasteiger charge is 2.06. The number of nitrogens with zero attached hydrogens (tertiary/aromatic N) is 2. The van der Waals surface area contributed by atoms with Crippen LogP contribution in [-0.4, -0.2) is 81.9 Å². The third kappa shape index (κ3) is 67.0. The van der Waals surface area contributed by atoms with Gasteiger partial charge in [-0.3, -0.25) is 8.42 Å². The van der Waals surface area contributed by atoms with Crippen LogP contribution in [0.4, 0.5) is 0 Å². The topological polar surface area (TPSA) is 80.3 Å². The Kier molecular flexibility index (Phi) is 38.4. The SMILES string of the molecule is CCCCCCCCCCCCCCCC[N+](C)(C)C.CCCCCCCCCCCCCCCC[N+](C)(C)C.O=S(=O)([O-])[O-]. The van der Waals surface area contributed by atoms with E-state index in [0.717, 1.165) is 8.97 Å². The minimum Gasteiger partial charge on any atom is -0.759 e. The molecule has 0 heterocycles. The van der Waals surface area contributed by atoms with Gasteiger partial charge in [0.2, 0.25) is 0 Å². The van der Waals surface area contributed by atoms with Gasteiger partial charge in [-0.05, 0) is 25.7 Å². The highest BCUT2D eigenvalue weighted by Crippen LogP contribution is 2.14. The Labute approximate surface area is 285 Å². The standard InChI is InChI=1S/2C19H42N.H2O4S/c2*1-5-6-7-8-9-10-11-12-13-14-15-16-17-18-19-20(2,3)4;1-5(2,3)4/h2*5-19H2,1-4H3;(H2,1,2,3,4)/q2*+1;/p-2. The molecule has 0 atom stereocenters. The van der Waals surface area contributed by atoms with Crippen molar-refractivity contribution in [2.75, 3.05) is 55.4 Å². The molecule has 0 aliphatic carbocycles. The molecule has 0 aromatic heterocycles. The Bertz CT molecular complexity index is 608. The summed E-state index contributed by atoms with van der Waals surface area (Å²) in [4.78, 5) is 0. The molecule has 45 heavy (non-hydrogen) atoms. The average Bonchev–Trinajstić information content (AvgIpc) is 2.92. The Hall–Kier alpha value is -0.210. The first-order valence-electron chi connectivity index (χ1n) is 19.4. The predicted molar refractivity (Wildman–Crippen MR) is 197 cm³/mol. The summed E-state index contributed by atoms with van der Waals surface area (Å²) >= 11 is 0. The van der Waals surface area contributed by atoms with Gasteiger partial charge in [0.25, 0.3) is 0 Å². The average molecular weight is 665 g/mol. The molecule has 0 aliphatic rings. The molecule has 0 spiro atoms. The molecule has 0 unspecified atom stereocenters. The van der Waals surface area contributed by atoms with Crippen molar-refractivity contribution < 1.29 is 26.5 Å². The molecule has 0 radical (unpaired) electrons. The van der Waals surface area contributed by atoms with Crippen molar-refractivity contribution in [3.05, 3.63) is 0 Å². The molecule has 6 nitrogen and oxygen atoms in total. The van der Waals surface area contributed by atoms with Crippen molar-refractivity contribution in [3.63, 3.8) is 0 Å². The lowest BCUT2D eigenvalue weighted by Gasteiger charge is -2.23. The molecule has 0 rings (SSSR count). The molecule has 0 amide bonds. The smallest absolute Gasteiger partial charge is 0.0780 e. The van der Waals surface area contributed by atoms with Gasteiger partial charge >= 0.3 is 0 Å². The van der Waals surface area contributed by atoms with Gasteiger partial charge in [-0.1, -0.05) is 168 Å². The van der Waals surface area contributed by atoms with Gasteiger partial charge in [-0.2, -0.15) is 0 Å². The van der Waals surface area contributed by atoms with Crippen molar-refractivity contribution in [1.82, 2.24) is 0 Å². The van der Waals surface area contributed by atoms with Crippen LogP contribution in [0.15, 0.2) is 0 Å². The number of hydrogen-bond donors (Lipinski definition) is 0. The van der Waals surface area contributed by atoms with Crippen molar-refractivity contribution in [1.29, 1.82) is 0 Å². The molecule has 0 saturated carbocycles. The summed E-state index contributed by atoms with van der Waals surface area (Å²) < 4.78 is 36.3. The van der Waals surface area contributed by atoms with Crippen LogP contribution < -0.4 is 0 Å². The lowest BCUT2D eigenvalue weighted by atomic mass is 10.0. The molecule has 0 bridgehead atoms. The van der Waals surface area contributed by atoms with Gasteiger partial charge in [0.1, 0.15) is 0 Å². The summed E-state index contributed by atoms with van der Waals surface area (Å²) in [5.41, 5.74) is 0. The Morgan fingerprint density at radius 1 is 0.333 bits per heavy atom. The van der Waals surface area contributed by atoms with Crippen LogP contribution in [0.1, 0.15) is 194 Å². The third-order valence-corrected chi connectivity index (χ3v) is 8.36. The Balaban J connectivity index is -0.000000680. The van der Waals surface area contributed by atoms with Gasteiger partial charge in [-0.15, -0.1) is 0 Å². The lowest BCUT2D eigenvalue weighted by Crippen LogP contribution is -2.35. The first-order chi connectivity index (χ1) is 21.1. The molecular weight excluding hydrogens is 580 g/mol. The fourth-order valence-electron chi connectivity index (χ4n) is 5.56. The van der Waals surface area contributed by atoms with E-state index in [2.05, 4.69) is 56.1 Å². The third-order valence-electron chi connectivity index (χ3n) is 8.36. The summed E-state index contributed by atoms with van der Waals surface area (Å²) in [6.07, 6.45) is 40.7. The second-order valence-electron chi connectivity index (χ2n) is 15.6. The van der Waals surface area contributed by atoms with E-state index in [-0.39, 0.29) is 0 Å². The van der Waals surface area contributed by atoms with E-state index in [1.165, 1.54) is 193 Å². The van der Waals surface area contributed by atoms with Gasteiger partial charge in [0.05, 0.1) is 55.4 Å². The molecule has 0 saturated heterocycles. The minimum atomic E-state index is -5.17. The van der Waals surface area contributed by atoms with E-state index in [9.17, 15) is 0 Å². The second-order valence-corrected chi connectivity index (χ2v) is 16.4. The molecule has 276 valence electrons. The molecule has 0 N–H and O–H groups in total. The maximum atomic E-state index is 8.52. The van der Waals surface area contributed by atoms with Gasteiger partial charge in [0, 0.05) is 10.4 Å². The van der Waals surface area contributed by atoms with Crippen molar-refractivity contribution >= 4 is 10.4 Å². The van der Waals surface area contributed by atoms with Crippen LogP contribution in [0.5, 0.6) is 0 Å². The summed E-state index contributed by atoms with van der Waals surface area (Å²) in [7, 11) is 8.60. The number of hydrogen-bond acceptors (Lipinski definition) is 4. The zero-order chi connectivity index (χ0) is 34.7. The Morgan fingerprint density at radius 2 is 0.467 bits per heavy atom. The highest BCUT2D eigenvalue weighted by molar-refractivity contribution is 7.79. The van der Waals surface area contributed by atoms with Crippen LogP contribution in [0.3, 0.4) is 0 Å². The second kappa shape index (κ2) is 35.1. The monoisotopic (exact) mass is 665 g/mol. The van der Waals surface area contributed by atoms with Gasteiger partial charge < -0.3 is 18.1 Å². The molecule has 0 fully saturated rings. The van der Waals surface area contributed by atoms with E-state index in [1.807, 2.05) is 0 Å². The lowest BCUT2D eigenvalue weighted by molar-refractivity contribution is -0.870. The fourth-order valence-corrected chi connectivity index (χ4v) is 5.56. The normalized spacial score (nSPS) is 12.0. The summed E-state index contributed by atoms with van der Waals surface area (Å²) in [6.45, 7) is 7.25. The number of rotatable bonds is 30. The van der Waals surface area contributed by atoms with Crippen LogP contribution in [-0.2, 0) is 10.4 Å². The minimum absolute atomic E-state index is 1.12. The van der Waals surface area contributed by atoms with E-state index >= 15 is 0 Å². The fraction of sp³-hybridized carbons (Fsp3) is 1.00. The molecule has 0 aliphatic heterocycles. The number of unbranched alkanes of at least 4 members (excludes halogenated alkanes) is 26. The largest absolute Gasteiger partial charge is 0.759 e. The maximum absolute atomic E-state index is 8.52. The van der Waals surface area contributed by atoms with Crippen LogP contribution in [0.2, 0.25) is 0 Å². The van der Waals surface area contributed by atoms with Gasteiger partial charge in [0.15, 0.2) is 0 Å². The first kappa shape index (κ1) is 49.2. The quantitative estimate of drug-likeness (QED) is 0.0331. The maximum Gasteiger partial charge on any atom is 0.0780 e. The molecular formula is C38H84N2O4S. The highest BCUT2D eigenvalue weighted by atomic mass is 32.3. The molecule has 0 aromatic carbocycles. The van der Waals surface area contributed by atoms with E-state index in [0.29, 0.717) is 0 Å². The summed E-state index contributed by atoms with van der Waals surface area (Å²) in [5.74, 6) is 0. The van der Waals surface area contributed by atoms with E-state index < -0.39 is 10.4 Å². The molecule has 0 aromatic rings. The Morgan fingerprint density at radius 3 is 0.600 bits per heavy atom.